The smallest absolute Gasteiger partial charge is 0.138 e. The van der Waals surface area contributed by atoms with Gasteiger partial charge < -0.3 is 0 Å². The quantitative estimate of drug-likeness (QED) is 0.219. The fraction of sp³-hybridized carbons (Fsp3) is 0. The first-order valence-corrected chi connectivity index (χ1v) is 14.4. The highest BCUT2D eigenvalue weighted by molar-refractivity contribution is 7.27. The Morgan fingerprint density at radius 2 is 1.15 bits per heavy atom. The van der Waals surface area contributed by atoms with E-state index in [-0.39, 0.29) is 0 Å². The van der Waals surface area contributed by atoms with E-state index in [0.717, 1.165) is 22.5 Å². The van der Waals surface area contributed by atoms with Crippen molar-refractivity contribution in [2.45, 2.75) is 0 Å². The maximum Gasteiger partial charge on any atom is 0.138 e. The lowest BCUT2D eigenvalue weighted by molar-refractivity contribution is 1.10. The molecule has 2 nitrogen and oxygen atoms in total. The Morgan fingerprint density at radius 1 is 0.525 bits per heavy atom. The fourth-order valence-corrected chi connectivity index (χ4v) is 7.74. The Bertz CT molecular complexity index is 2430. The molecule has 3 heterocycles. The van der Waals surface area contributed by atoms with Crippen LogP contribution in [0.3, 0.4) is 0 Å². The number of aromatic nitrogens is 2. The molecule has 0 bridgehead atoms. The zero-order valence-electron chi connectivity index (χ0n) is 21.5. The van der Waals surface area contributed by atoms with Gasteiger partial charge >= 0.3 is 0 Å². The first-order chi connectivity index (χ1) is 19.9. The molecule has 0 spiro atoms. The van der Waals surface area contributed by atoms with E-state index >= 15 is 0 Å². The van der Waals surface area contributed by atoms with Gasteiger partial charge in [0, 0.05) is 37.2 Å². The van der Waals surface area contributed by atoms with Crippen LogP contribution in [0.5, 0.6) is 0 Å². The molecular weight excluding hydrogens is 504 g/mol. The number of hydrogen-bond donors (Lipinski definition) is 0. The Labute approximate surface area is 234 Å². The normalized spacial score (nSPS) is 12.0. The highest BCUT2D eigenvalue weighted by atomic mass is 32.1. The molecule has 0 radical (unpaired) electrons. The average molecular weight is 527 g/mol. The van der Waals surface area contributed by atoms with Crippen LogP contribution >= 0.6 is 11.3 Å². The minimum Gasteiger partial charge on any atom is -0.292 e. The first kappa shape index (κ1) is 21.9. The van der Waals surface area contributed by atoms with Crippen molar-refractivity contribution in [3.8, 4) is 17.1 Å². The molecule has 9 rings (SSSR count). The summed E-state index contributed by atoms with van der Waals surface area (Å²) in [6.07, 6.45) is 0. The Balaban J connectivity index is 1.54. The van der Waals surface area contributed by atoms with E-state index in [4.69, 9.17) is 4.98 Å². The van der Waals surface area contributed by atoms with Crippen molar-refractivity contribution >= 4 is 74.9 Å². The molecule has 6 aromatic carbocycles. The monoisotopic (exact) mass is 526 g/mol. The second-order valence-electron chi connectivity index (χ2n) is 10.3. The Hall–Kier alpha value is -4.99. The highest BCUT2D eigenvalue weighted by Crippen LogP contribution is 2.47. The van der Waals surface area contributed by atoms with Gasteiger partial charge in [0.15, 0.2) is 0 Å². The van der Waals surface area contributed by atoms with Crippen molar-refractivity contribution < 1.29 is 0 Å². The number of para-hydroxylation sites is 1. The van der Waals surface area contributed by atoms with Gasteiger partial charge in [0.05, 0.1) is 21.4 Å². The van der Waals surface area contributed by atoms with Gasteiger partial charge in [0.1, 0.15) is 5.82 Å². The third-order valence-electron chi connectivity index (χ3n) is 8.15. The van der Waals surface area contributed by atoms with Crippen LogP contribution < -0.4 is 0 Å². The number of benzene rings is 6. The lowest BCUT2D eigenvalue weighted by Crippen LogP contribution is -2.00. The molecule has 9 aromatic rings. The molecule has 0 fully saturated rings. The van der Waals surface area contributed by atoms with Crippen LogP contribution in [-0.2, 0) is 0 Å². The molecule has 0 amide bonds. The summed E-state index contributed by atoms with van der Waals surface area (Å²) in [4.78, 5) is 5.42. The van der Waals surface area contributed by atoms with Crippen LogP contribution in [-0.4, -0.2) is 9.55 Å². The highest BCUT2D eigenvalue weighted by Gasteiger charge is 2.22. The number of nitrogens with zero attached hydrogens (tertiary/aromatic N) is 2. The van der Waals surface area contributed by atoms with E-state index in [1.165, 1.54) is 58.1 Å². The number of thiophene rings is 1. The van der Waals surface area contributed by atoms with Gasteiger partial charge in [-0.1, -0.05) is 115 Å². The zero-order chi connectivity index (χ0) is 26.2. The number of rotatable bonds is 2. The van der Waals surface area contributed by atoms with Gasteiger partial charge in [-0.2, -0.15) is 0 Å². The molecule has 0 aliphatic heterocycles. The number of pyridine rings is 1. The summed E-state index contributed by atoms with van der Waals surface area (Å²) in [6, 6.07) is 47.9. The van der Waals surface area contributed by atoms with Gasteiger partial charge in [-0.3, -0.25) is 4.57 Å². The maximum atomic E-state index is 5.42. The van der Waals surface area contributed by atoms with E-state index in [1.807, 2.05) is 11.3 Å². The average Bonchev–Trinajstić information content (AvgIpc) is 3.58. The number of fused-ring (bicyclic) bond motifs is 11. The largest absolute Gasteiger partial charge is 0.292 e. The van der Waals surface area contributed by atoms with Crippen molar-refractivity contribution in [3.63, 3.8) is 0 Å². The topological polar surface area (TPSA) is 17.8 Å². The minimum atomic E-state index is 0.942. The van der Waals surface area contributed by atoms with Crippen LogP contribution in [0, 0.1) is 0 Å². The van der Waals surface area contributed by atoms with Crippen LogP contribution in [0.4, 0.5) is 0 Å². The van der Waals surface area contributed by atoms with E-state index in [9.17, 15) is 0 Å². The van der Waals surface area contributed by atoms with E-state index in [1.54, 1.807) is 0 Å². The van der Waals surface area contributed by atoms with Gasteiger partial charge in [0.25, 0.3) is 0 Å². The summed E-state index contributed by atoms with van der Waals surface area (Å²) < 4.78 is 5.03. The van der Waals surface area contributed by atoms with E-state index < -0.39 is 0 Å². The van der Waals surface area contributed by atoms with Crippen LogP contribution in [0.2, 0.25) is 0 Å². The standard InChI is InChI=1S/C37H22N2S/c1-2-12-23(13-3-1)35-25-15-5-4-14-24(25)22-32(38-35)39-30-20-10-8-18-28(30)33-26-16-6-7-17-27(26)34-29-19-9-11-21-31(29)40-37(34)36(33)39/h1-22H. The maximum absolute atomic E-state index is 5.42. The zero-order valence-corrected chi connectivity index (χ0v) is 22.3. The summed E-state index contributed by atoms with van der Waals surface area (Å²) in [5.41, 5.74) is 4.54. The molecule has 0 unspecified atom stereocenters. The summed E-state index contributed by atoms with van der Waals surface area (Å²) in [6.45, 7) is 0. The fourth-order valence-electron chi connectivity index (χ4n) is 6.48. The van der Waals surface area contributed by atoms with Crippen LogP contribution in [0.15, 0.2) is 133 Å². The lowest BCUT2D eigenvalue weighted by atomic mass is 9.99. The third kappa shape index (κ3) is 2.95. The lowest BCUT2D eigenvalue weighted by Gasteiger charge is -2.13. The Morgan fingerprint density at radius 3 is 1.98 bits per heavy atom. The van der Waals surface area contributed by atoms with Crippen molar-refractivity contribution in [1.29, 1.82) is 0 Å². The minimum absolute atomic E-state index is 0.942. The van der Waals surface area contributed by atoms with Gasteiger partial charge in [-0.25, -0.2) is 4.98 Å². The van der Waals surface area contributed by atoms with Crippen molar-refractivity contribution in [3.05, 3.63) is 133 Å². The SMILES string of the molecule is c1ccc(-c2nc(-n3c4ccccc4c4c5ccccc5c5c6ccccc6sc5c43)cc3ccccc23)cc1. The molecular formula is C37H22N2S. The van der Waals surface area contributed by atoms with Gasteiger partial charge in [0.2, 0.25) is 0 Å². The number of hydrogen-bond acceptors (Lipinski definition) is 2. The van der Waals surface area contributed by atoms with Crippen molar-refractivity contribution in [2.24, 2.45) is 0 Å². The molecule has 3 heteroatoms. The second kappa shape index (κ2) is 8.25. The molecule has 186 valence electrons. The van der Waals surface area contributed by atoms with Crippen molar-refractivity contribution in [1.82, 2.24) is 9.55 Å². The van der Waals surface area contributed by atoms with Gasteiger partial charge in [-0.05, 0) is 34.4 Å². The first-order valence-electron chi connectivity index (χ1n) is 13.6. The molecule has 0 N–H and O–H groups in total. The van der Waals surface area contributed by atoms with Gasteiger partial charge in [-0.15, -0.1) is 11.3 Å². The van der Waals surface area contributed by atoms with Crippen LogP contribution in [0.25, 0.3) is 80.6 Å². The second-order valence-corrected chi connectivity index (χ2v) is 11.4. The molecule has 0 saturated carbocycles. The molecule has 0 aliphatic carbocycles. The van der Waals surface area contributed by atoms with E-state index in [0.29, 0.717) is 0 Å². The van der Waals surface area contributed by atoms with Crippen molar-refractivity contribution in [2.75, 3.05) is 0 Å². The molecule has 40 heavy (non-hydrogen) atoms. The molecule has 0 atom stereocenters. The van der Waals surface area contributed by atoms with E-state index in [2.05, 4.69) is 138 Å². The molecule has 0 saturated heterocycles. The predicted octanol–water partition coefficient (Wildman–Crippen LogP) is 10.5. The Kier molecular flexibility index (Phi) is 4.52. The summed E-state index contributed by atoms with van der Waals surface area (Å²) in [5.74, 6) is 0.942. The van der Waals surface area contributed by atoms with Crippen LogP contribution in [0.1, 0.15) is 0 Å². The summed E-state index contributed by atoms with van der Waals surface area (Å²) >= 11 is 1.89. The molecule has 0 aliphatic rings. The predicted molar refractivity (Wildman–Crippen MR) is 172 cm³/mol. The summed E-state index contributed by atoms with van der Waals surface area (Å²) in [5, 5.41) is 10.1. The molecule has 3 aromatic heterocycles. The summed E-state index contributed by atoms with van der Waals surface area (Å²) in [7, 11) is 0. The third-order valence-corrected chi connectivity index (χ3v) is 9.33.